The number of aromatic nitrogens is 2. The minimum absolute atomic E-state index is 0.0933. The summed E-state index contributed by atoms with van der Waals surface area (Å²) in [4.78, 5) is 20.4. The van der Waals surface area contributed by atoms with E-state index in [1.807, 2.05) is 13.8 Å². The SMILES string of the molecule is CC1=C(C(N)=O)NN(c2cnc(Nc3cccc(NS(=O)(=O)c4ccccc4)c3)nc2)C1C. The largest absolute Gasteiger partial charge is 0.364 e. The number of hydrogen-bond donors (Lipinski definition) is 4. The fourth-order valence-corrected chi connectivity index (χ4v) is 4.43. The molecule has 3 aromatic rings. The van der Waals surface area contributed by atoms with E-state index in [9.17, 15) is 13.2 Å². The molecular formula is C22H23N7O3S. The van der Waals surface area contributed by atoms with Crippen molar-refractivity contribution in [1.82, 2.24) is 15.4 Å². The molecule has 10 nitrogen and oxygen atoms in total. The highest BCUT2D eigenvalue weighted by Crippen LogP contribution is 2.26. The summed E-state index contributed by atoms with van der Waals surface area (Å²) in [7, 11) is -3.70. The van der Waals surface area contributed by atoms with Gasteiger partial charge in [-0.2, -0.15) is 0 Å². The summed E-state index contributed by atoms with van der Waals surface area (Å²) in [6.45, 7) is 3.78. The van der Waals surface area contributed by atoms with E-state index >= 15 is 0 Å². The molecule has 170 valence electrons. The summed E-state index contributed by atoms with van der Waals surface area (Å²) in [6, 6.07) is 14.8. The first kappa shape index (κ1) is 22.1. The maximum absolute atomic E-state index is 12.6. The molecule has 0 radical (unpaired) electrons. The molecule has 1 unspecified atom stereocenters. The lowest BCUT2D eigenvalue weighted by molar-refractivity contribution is -0.114. The molecule has 1 atom stereocenters. The zero-order valence-electron chi connectivity index (χ0n) is 18.0. The van der Waals surface area contributed by atoms with Gasteiger partial charge in [-0.25, -0.2) is 18.4 Å². The summed E-state index contributed by atoms with van der Waals surface area (Å²) in [5, 5.41) is 4.82. The van der Waals surface area contributed by atoms with Crippen molar-refractivity contribution in [2.45, 2.75) is 24.8 Å². The Morgan fingerprint density at radius 3 is 2.36 bits per heavy atom. The van der Waals surface area contributed by atoms with E-state index in [-0.39, 0.29) is 10.9 Å². The van der Waals surface area contributed by atoms with Crippen molar-refractivity contribution in [3.05, 3.63) is 78.3 Å². The predicted octanol–water partition coefficient (Wildman–Crippen LogP) is 2.49. The van der Waals surface area contributed by atoms with Crippen LogP contribution in [0.1, 0.15) is 13.8 Å². The number of nitrogens with two attached hydrogens (primary N) is 1. The zero-order valence-corrected chi connectivity index (χ0v) is 18.8. The highest BCUT2D eigenvalue weighted by atomic mass is 32.2. The summed E-state index contributed by atoms with van der Waals surface area (Å²) in [5.74, 6) is -0.197. The molecule has 0 aliphatic carbocycles. The van der Waals surface area contributed by atoms with E-state index in [1.165, 1.54) is 12.1 Å². The molecule has 0 spiro atoms. The minimum atomic E-state index is -3.70. The Hall–Kier alpha value is -4.12. The summed E-state index contributed by atoms with van der Waals surface area (Å²) < 4.78 is 27.7. The lowest BCUT2D eigenvalue weighted by atomic mass is 10.1. The number of carbonyl (C=O) groups excluding carboxylic acids is 1. The van der Waals surface area contributed by atoms with Crippen molar-refractivity contribution < 1.29 is 13.2 Å². The van der Waals surface area contributed by atoms with E-state index in [4.69, 9.17) is 5.73 Å². The molecule has 1 aliphatic heterocycles. The van der Waals surface area contributed by atoms with Crippen LogP contribution < -0.4 is 26.2 Å². The molecule has 4 rings (SSSR count). The molecule has 5 N–H and O–H groups in total. The molecule has 0 fully saturated rings. The number of carbonyl (C=O) groups is 1. The van der Waals surface area contributed by atoms with Crippen molar-refractivity contribution in [2.24, 2.45) is 5.73 Å². The van der Waals surface area contributed by atoms with Crippen LogP contribution in [0.2, 0.25) is 0 Å². The first-order valence-electron chi connectivity index (χ1n) is 10.1. The standard InChI is InChI=1S/C22H23N7O3S/c1-14-15(2)29(27-20(14)21(23)30)18-12-24-22(25-13-18)26-16-7-6-8-17(11-16)28-33(31,32)19-9-4-3-5-10-19/h3-13,15,27-28H,1-2H3,(H2,23,30)(H,24,25,26). The van der Waals surface area contributed by atoms with E-state index in [2.05, 4.69) is 25.4 Å². The van der Waals surface area contributed by atoms with Crippen LogP contribution in [-0.4, -0.2) is 30.3 Å². The topological polar surface area (TPSA) is 142 Å². The molecule has 0 saturated heterocycles. The van der Waals surface area contributed by atoms with Gasteiger partial charge < -0.3 is 11.1 Å². The summed E-state index contributed by atoms with van der Waals surface area (Å²) in [6.07, 6.45) is 3.22. The molecule has 2 heterocycles. The molecule has 1 aliphatic rings. The number of sulfonamides is 1. The van der Waals surface area contributed by atoms with Crippen LogP contribution in [-0.2, 0) is 14.8 Å². The lowest BCUT2D eigenvalue weighted by Crippen LogP contribution is -2.39. The van der Waals surface area contributed by atoms with Crippen molar-refractivity contribution in [1.29, 1.82) is 0 Å². The molecule has 1 aromatic heterocycles. The number of nitrogens with zero attached hydrogens (tertiary/aromatic N) is 3. The van der Waals surface area contributed by atoms with Crippen molar-refractivity contribution >= 4 is 38.9 Å². The summed E-state index contributed by atoms with van der Waals surface area (Å²) >= 11 is 0. The highest BCUT2D eigenvalue weighted by molar-refractivity contribution is 7.92. The lowest BCUT2D eigenvalue weighted by Gasteiger charge is -2.24. The van der Waals surface area contributed by atoms with Crippen molar-refractivity contribution in [3.63, 3.8) is 0 Å². The maximum atomic E-state index is 12.6. The Morgan fingerprint density at radius 2 is 1.73 bits per heavy atom. The number of hydrogen-bond acceptors (Lipinski definition) is 8. The first-order valence-corrected chi connectivity index (χ1v) is 11.6. The predicted molar refractivity (Wildman–Crippen MR) is 126 cm³/mol. The Morgan fingerprint density at radius 1 is 1.06 bits per heavy atom. The molecule has 2 aromatic carbocycles. The Kier molecular flexibility index (Phi) is 5.88. The average molecular weight is 466 g/mol. The van der Waals surface area contributed by atoms with Gasteiger partial charge in [0.2, 0.25) is 5.95 Å². The van der Waals surface area contributed by atoms with Crippen LogP contribution in [0.25, 0.3) is 0 Å². The van der Waals surface area contributed by atoms with Gasteiger partial charge in [0.15, 0.2) is 0 Å². The van der Waals surface area contributed by atoms with Gasteiger partial charge in [0, 0.05) is 5.69 Å². The van der Waals surface area contributed by atoms with E-state index in [1.54, 1.807) is 59.9 Å². The molecule has 11 heteroatoms. The number of rotatable bonds is 7. The number of nitrogens with one attached hydrogen (secondary N) is 3. The first-order chi connectivity index (χ1) is 15.7. The normalized spacial score (nSPS) is 15.8. The second-order valence-electron chi connectivity index (χ2n) is 7.47. The minimum Gasteiger partial charge on any atom is -0.364 e. The maximum Gasteiger partial charge on any atom is 0.266 e. The molecule has 33 heavy (non-hydrogen) atoms. The van der Waals surface area contributed by atoms with Gasteiger partial charge in [0.25, 0.3) is 15.9 Å². The monoisotopic (exact) mass is 465 g/mol. The van der Waals surface area contributed by atoms with Gasteiger partial charge in [-0.15, -0.1) is 0 Å². The van der Waals surface area contributed by atoms with Crippen LogP contribution in [0.4, 0.5) is 23.0 Å². The smallest absolute Gasteiger partial charge is 0.266 e. The van der Waals surface area contributed by atoms with Crippen molar-refractivity contribution in [2.75, 3.05) is 15.0 Å². The van der Waals surface area contributed by atoms with Crippen LogP contribution in [0.3, 0.4) is 0 Å². The number of amides is 1. The van der Waals surface area contributed by atoms with Crippen molar-refractivity contribution in [3.8, 4) is 0 Å². The van der Waals surface area contributed by atoms with E-state index in [0.29, 0.717) is 28.7 Å². The third kappa shape index (κ3) is 4.72. The number of benzene rings is 2. The summed E-state index contributed by atoms with van der Waals surface area (Å²) in [5.41, 5.74) is 11.3. The second-order valence-corrected chi connectivity index (χ2v) is 9.15. The highest BCUT2D eigenvalue weighted by Gasteiger charge is 2.29. The van der Waals surface area contributed by atoms with E-state index in [0.717, 1.165) is 5.57 Å². The van der Waals surface area contributed by atoms with Gasteiger partial charge >= 0.3 is 0 Å². The van der Waals surface area contributed by atoms with Gasteiger partial charge in [0.05, 0.1) is 34.7 Å². The van der Waals surface area contributed by atoms with Crippen LogP contribution in [0.5, 0.6) is 0 Å². The van der Waals surface area contributed by atoms with Crippen LogP contribution >= 0.6 is 0 Å². The quantitative estimate of drug-likeness (QED) is 0.417. The molecule has 1 amide bonds. The van der Waals surface area contributed by atoms with E-state index < -0.39 is 15.9 Å². The second kappa shape index (κ2) is 8.79. The number of hydrazine groups is 1. The Labute approximate surface area is 191 Å². The van der Waals surface area contributed by atoms with Gasteiger partial charge in [0.1, 0.15) is 5.70 Å². The molecule has 0 bridgehead atoms. The fraction of sp³-hybridized carbons (Fsp3) is 0.136. The molecular weight excluding hydrogens is 442 g/mol. The third-order valence-corrected chi connectivity index (χ3v) is 6.62. The zero-order chi connectivity index (χ0) is 23.6. The molecule has 0 saturated carbocycles. The number of primary amides is 1. The van der Waals surface area contributed by atoms with Gasteiger partial charge in [-0.05, 0) is 49.8 Å². The number of anilines is 4. The average Bonchev–Trinajstić information content (AvgIpc) is 3.10. The van der Waals surface area contributed by atoms with Crippen LogP contribution in [0.15, 0.2) is 83.2 Å². The third-order valence-electron chi connectivity index (χ3n) is 5.23. The van der Waals surface area contributed by atoms with Crippen LogP contribution in [0, 0.1) is 0 Å². The van der Waals surface area contributed by atoms with Gasteiger partial charge in [-0.3, -0.25) is 20.0 Å². The Balaban J connectivity index is 1.46. The van der Waals surface area contributed by atoms with Gasteiger partial charge in [-0.1, -0.05) is 24.3 Å². The Bertz CT molecular complexity index is 1310. The fourth-order valence-electron chi connectivity index (χ4n) is 3.36.